The average Bonchev–Trinajstić information content (AvgIpc) is 2.18. The van der Waals surface area contributed by atoms with E-state index in [1.807, 2.05) is 6.07 Å². The largest absolute Gasteiger partial charge is 0.391 e. The molecule has 0 unspecified atom stereocenters. The lowest BCUT2D eigenvalue weighted by Gasteiger charge is -2.04. The highest BCUT2D eigenvalue weighted by atomic mass is 16.3. The summed E-state index contributed by atoms with van der Waals surface area (Å²) in [5.41, 5.74) is 1.35. The Morgan fingerprint density at radius 1 is 1.50 bits per heavy atom. The first kappa shape index (κ1) is 8.90. The van der Waals surface area contributed by atoms with Crippen LogP contribution in [0.3, 0.4) is 0 Å². The molecule has 0 bridgehead atoms. The van der Waals surface area contributed by atoms with E-state index in [2.05, 4.69) is 4.98 Å². The van der Waals surface area contributed by atoms with Crippen LogP contribution < -0.4 is 5.56 Å². The van der Waals surface area contributed by atoms with E-state index in [1.54, 1.807) is 25.3 Å². The molecule has 0 aromatic carbocycles. The molecule has 0 radical (unpaired) electrons. The van der Waals surface area contributed by atoms with Crippen LogP contribution in [0.1, 0.15) is 11.3 Å². The third kappa shape index (κ3) is 1.20. The first-order valence-electron chi connectivity index (χ1n) is 4.32. The second-order valence-electron chi connectivity index (χ2n) is 3.07. The molecule has 1 N–H and O–H groups in total. The normalized spacial score (nSPS) is 10.7. The smallest absolute Gasteiger partial charge is 0.263 e. The maximum absolute atomic E-state index is 11.7. The van der Waals surface area contributed by atoms with E-state index < -0.39 is 0 Å². The van der Waals surface area contributed by atoms with Crippen molar-refractivity contribution < 1.29 is 5.11 Å². The maximum atomic E-state index is 11.7. The Hall–Kier alpha value is -1.68. The molecule has 0 fully saturated rings. The number of aromatic nitrogens is 2. The molecule has 2 rings (SSSR count). The summed E-state index contributed by atoms with van der Waals surface area (Å²) in [4.78, 5) is 16.0. The Balaban J connectivity index is 2.93. The fourth-order valence-electron chi connectivity index (χ4n) is 1.42. The van der Waals surface area contributed by atoms with Crippen LogP contribution in [0.25, 0.3) is 5.65 Å². The predicted octanol–water partition coefficient (Wildman–Crippen LogP) is 0.495. The van der Waals surface area contributed by atoms with Gasteiger partial charge in [0.05, 0.1) is 17.9 Å². The molecule has 0 aliphatic carbocycles. The zero-order chi connectivity index (χ0) is 10.1. The monoisotopic (exact) mass is 190 g/mol. The van der Waals surface area contributed by atoms with Gasteiger partial charge in [0.2, 0.25) is 0 Å². The van der Waals surface area contributed by atoms with Crippen LogP contribution in [0.15, 0.2) is 29.2 Å². The lowest BCUT2D eigenvalue weighted by molar-refractivity contribution is 0.278. The van der Waals surface area contributed by atoms with Crippen molar-refractivity contribution in [3.8, 4) is 0 Å². The Morgan fingerprint density at radius 2 is 2.29 bits per heavy atom. The number of hydrogen-bond donors (Lipinski definition) is 1. The number of nitrogens with zero attached hydrogens (tertiary/aromatic N) is 2. The predicted molar refractivity (Wildman–Crippen MR) is 52.1 cm³/mol. The van der Waals surface area contributed by atoms with E-state index in [-0.39, 0.29) is 12.2 Å². The van der Waals surface area contributed by atoms with Crippen LogP contribution in [0.4, 0.5) is 0 Å². The minimum Gasteiger partial charge on any atom is -0.391 e. The highest BCUT2D eigenvalue weighted by molar-refractivity contribution is 5.39. The molecular formula is C10H10N2O2. The van der Waals surface area contributed by atoms with Gasteiger partial charge in [-0.2, -0.15) is 0 Å². The summed E-state index contributed by atoms with van der Waals surface area (Å²) < 4.78 is 1.43. The number of aliphatic hydroxyl groups is 1. The number of aliphatic hydroxyl groups excluding tert-OH is 1. The summed E-state index contributed by atoms with van der Waals surface area (Å²) >= 11 is 0. The molecule has 4 nitrogen and oxygen atoms in total. The third-order valence-electron chi connectivity index (χ3n) is 2.19. The van der Waals surface area contributed by atoms with Gasteiger partial charge in [-0.05, 0) is 19.1 Å². The third-order valence-corrected chi connectivity index (χ3v) is 2.19. The molecule has 0 saturated heterocycles. The molecule has 0 aliphatic rings. The van der Waals surface area contributed by atoms with Gasteiger partial charge in [0.1, 0.15) is 5.65 Å². The van der Waals surface area contributed by atoms with Crippen molar-refractivity contribution in [2.24, 2.45) is 0 Å². The van der Waals surface area contributed by atoms with Crippen LogP contribution in [-0.4, -0.2) is 14.5 Å². The van der Waals surface area contributed by atoms with Gasteiger partial charge in [-0.1, -0.05) is 6.07 Å². The summed E-state index contributed by atoms with van der Waals surface area (Å²) in [6.07, 6.45) is 1.64. The molecule has 0 aliphatic heterocycles. The first-order chi connectivity index (χ1) is 6.74. The van der Waals surface area contributed by atoms with E-state index in [0.29, 0.717) is 16.9 Å². The summed E-state index contributed by atoms with van der Waals surface area (Å²) in [7, 11) is 0. The van der Waals surface area contributed by atoms with E-state index in [1.165, 1.54) is 4.40 Å². The van der Waals surface area contributed by atoms with Crippen molar-refractivity contribution in [2.45, 2.75) is 13.5 Å². The van der Waals surface area contributed by atoms with Gasteiger partial charge in [-0.3, -0.25) is 9.20 Å². The minimum atomic E-state index is -0.268. The van der Waals surface area contributed by atoms with Crippen molar-refractivity contribution in [1.82, 2.24) is 9.38 Å². The van der Waals surface area contributed by atoms with E-state index in [0.717, 1.165) is 0 Å². The van der Waals surface area contributed by atoms with E-state index in [9.17, 15) is 4.79 Å². The Kier molecular flexibility index (Phi) is 2.05. The van der Waals surface area contributed by atoms with Crippen molar-refractivity contribution in [3.63, 3.8) is 0 Å². The zero-order valence-corrected chi connectivity index (χ0v) is 7.77. The number of pyridine rings is 1. The molecule has 0 saturated carbocycles. The zero-order valence-electron chi connectivity index (χ0n) is 7.77. The van der Waals surface area contributed by atoms with Gasteiger partial charge in [0, 0.05) is 6.20 Å². The fourth-order valence-corrected chi connectivity index (χ4v) is 1.42. The van der Waals surface area contributed by atoms with Gasteiger partial charge >= 0.3 is 0 Å². The first-order valence-corrected chi connectivity index (χ1v) is 4.32. The SMILES string of the molecule is Cc1nc2ccccn2c(=O)c1CO. The molecule has 0 spiro atoms. The lowest BCUT2D eigenvalue weighted by atomic mass is 10.2. The van der Waals surface area contributed by atoms with Gasteiger partial charge in [-0.25, -0.2) is 4.98 Å². The van der Waals surface area contributed by atoms with Crippen LogP contribution in [-0.2, 0) is 6.61 Å². The standard InChI is InChI=1S/C10H10N2O2/c1-7-8(6-13)10(14)12-5-3-2-4-9(12)11-7/h2-5,13H,6H2,1H3. The number of hydrogen-bond acceptors (Lipinski definition) is 3. The second kappa shape index (κ2) is 3.23. The molecule has 72 valence electrons. The number of aryl methyl sites for hydroxylation is 1. The summed E-state index contributed by atoms with van der Waals surface area (Å²) in [6, 6.07) is 5.34. The van der Waals surface area contributed by atoms with Gasteiger partial charge < -0.3 is 5.11 Å². The molecule has 2 heterocycles. The second-order valence-corrected chi connectivity index (χ2v) is 3.07. The topological polar surface area (TPSA) is 54.6 Å². The summed E-state index contributed by atoms with van der Waals surface area (Å²) in [5.74, 6) is 0. The quantitative estimate of drug-likeness (QED) is 0.712. The molecule has 4 heteroatoms. The molecule has 0 atom stereocenters. The van der Waals surface area contributed by atoms with E-state index >= 15 is 0 Å². The van der Waals surface area contributed by atoms with Gasteiger partial charge in [-0.15, -0.1) is 0 Å². The van der Waals surface area contributed by atoms with E-state index in [4.69, 9.17) is 5.11 Å². The van der Waals surface area contributed by atoms with Crippen molar-refractivity contribution >= 4 is 5.65 Å². The molecular weight excluding hydrogens is 180 g/mol. The van der Waals surface area contributed by atoms with Crippen molar-refractivity contribution in [1.29, 1.82) is 0 Å². The van der Waals surface area contributed by atoms with Crippen LogP contribution in [0.5, 0.6) is 0 Å². The summed E-state index contributed by atoms with van der Waals surface area (Å²) in [5, 5.41) is 9.01. The molecule has 14 heavy (non-hydrogen) atoms. The number of fused-ring (bicyclic) bond motifs is 1. The highest BCUT2D eigenvalue weighted by Crippen LogP contribution is 2.02. The van der Waals surface area contributed by atoms with Gasteiger partial charge in [0.25, 0.3) is 5.56 Å². The molecule has 2 aromatic rings. The van der Waals surface area contributed by atoms with Crippen LogP contribution in [0, 0.1) is 6.92 Å². The van der Waals surface area contributed by atoms with Crippen molar-refractivity contribution in [2.75, 3.05) is 0 Å². The molecule has 2 aromatic heterocycles. The van der Waals surface area contributed by atoms with Gasteiger partial charge in [0.15, 0.2) is 0 Å². The Morgan fingerprint density at radius 3 is 3.00 bits per heavy atom. The average molecular weight is 190 g/mol. The Labute approximate surface area is 80.5 Å². The van der Waals surface area contributed by atoms with Crippen molar-refractivity contribution in [3.05, 3.63) is 46.0 Å². The molecule has 0 amide bonds. The van der Waals surface area contributed by atoms with Crippen LogP contribution >= 0.6 is 0 Å². The summed E-state index contributed by atoms with van der Waals surface area (Å²) in [6.45, 7) is 1.45. The lowest BCUT2D eigenvalue weighted by Crippen LogP contribution is -2.21. The maximum Gasteiger partial charge on any atom is 0.263 e. The Bertz CT molecular complexity index is 531. The minimum absolute atomic E-state index is 0.199. The highest BCUT2D eigenvalue weighted by Gasteiger charge is 2.06. The number of rotatable bonds is 1. The van der Waals surface area contributed by atoms with Crippen LogP contribution in [0.2, 0.25) is 0 Å². The fraction of sp³-hybridized carbons (Fsp3) is 0.200.